The van der Waals surface area contributed by atoms with E-state index in [1.165, 1.54) is 24.2 Å². The number of thiazole rings is 1. The zero-order valence-electron chi connectivity index (χ0n) is 9.32. The van der Waals surface area contributed by atoms with Crippen LogP contribution in [0.25, 0.3) is 0 Å². The van der Waals surface area contributed by atoms with Gasteiger partial charge in [-0.05, 0) is 6.42 Å². The van der Waals surface area contributed by atoms with E-state index >= 15 is 0 Å². The lowest BCUT2D eigenvalue weighted by molar-refractivity contribution is -0.119. The standard InChI is InChI=1S/C11H18N2OS/c1-3-4-5-6-9(2)10(14)13-11-12-7-8-15-11/h7-9H,3-6H2,1-2H3,(H,12,13,14). The van der Waals surface area contributed by atoms with Gasteiger partial charge in [-0.2, -0.15) is 0 Å². The van der Waals surface area contributed by atoms with Crippen LogP contribution >= 0.6 is 11.3 Å². The quantitative estimate of drug-likeness (QED) is 0.756. The third kappa shape index (κ3) is 4.42. The Morgan fingerprint density at radius 1 is 1.60 bits per heavy atom. The highest BCUT2D eigenvalue weighted by molar-refractivity contribution is 7.13. The Kier molecular flexibility index (Phi) is 5.32. The predicted octanol–water partition coefficient (Wildman–Crippen LogP) is 3.30. The van der Waals surface area contributed by atoms with Crippen LogP contribution in [0.4, 0.5) is 5.13 Å². The van der Waals surface area contributed by atoms with Crippen molar-refractivity contribution in [2.45, 2.75) is 39.5 Å². The predicted molar refractivity (Wildman–Crippen MR) is 64.0 cm³/mol. The molecular weight excluding hydrogens is 208 g/mol. The van der Waals surface area contributed by atoms with Crippen molar-refractivity contribution in [1.29, 1.82) is 0 Å². The molecule has 1 heterocycles. The Morgan fingerprint density at radius 2 is 2.40 bits per heavy atom. The summed E-state index contributed by atoms with van der Waals surface area (Å²) >= 11 is 1.45. The smallest absolute Gasteiger partial charge is 0.228 e. The molecule has 1 amide bonds. The zero-order valence-corrected chi connectivity index (χ0v) is 10.1. The highest BCUT2D eigenvalue weighted by atomic mass is 32.1. The zero-order chi connectivity index (χ0) is 11.1. The van der Waals surface area contributed by atoms with Crippen LogP contribution in [-0.2, 0) is 4.79 Å². The van der Waals surface area contributed by atoms with Gasteiger partial charge in [-0.3, -0.25) is 4.79 Å². The molecule has 0 aromatic carbocycles. The topological polar surface area (TPSA) is 42.0 Å². The first kappa shape index (κ1) is 12.2. The summed E-state index contributed by atoms with van der Waals surface area (Å²) in [5.74, 6) is 0.168. The first-order chi connectivity index (χ1) is 7.24. The summed E-state index contributed by atoms with van der Waals surface area (Å²) in [5, 5.41) is 5.37. The molecule has 0 saturated heterocycles. The molecule has 1 rings (SSSR count). The number of anilines is 1. The van der Waals surface area contributed by atoms with E-state index < -0.39 is 0 Å². The molecule has 0 aliphatic heterocycles. The van der Waals surface area contributed by atoms with Gasteiger partial charge in [-0.1, -0.05) is 33.1 Å². The normalized spacial score (nSPS) is 12.4. The Bertz CT molecular complexity index is 285. The largest absolute Gasteiger partial charge is 0.302 e. The molecule has 84 valence electrons. The molecule has 0 radical (unpaired) electrons. The van der Waals surface area contributed by atoms with Gasteiger partial charge in [-0.15, -0.1) is 11.3 Å². The van der Waals surface area contributed by atoms with Gasteiger partial charge in [0.2, 0.25) is 5.91 Å². The van der Waals surface area contributed by atoms with Crippen molar-refractivity contribution >= 4 is 22.4 Å². The van der Waals surface area contributed by atoms with E-state index in [2.05, 4.69) is 17.2 Å². The number of carbonyl (C=O) groups excluding carboxylic acids is 1. The van der Waals surface area contributed by atoms with E-state index in [4.69, 9.17) is 0 Å². The lowest BCUT2D eigenvalue weighted by Crippen LogP contribution is -2.20. The Hall–Kier alpha value is -0.900. The fourth-order valence-electron chi connectivity index (χ4n) is 1.35. The molecular formula is C11H18N2OS. The van der Waals surface area contributed by atoms with Crippen LogP contribution in [0, 0.1) is 5.92 Å². The highest BCUT2D eigenvalue weighted by Gasteiger charge is 2.13. The molecule has 1 aromatic rings. The fraction of sp³-hybridized carbons (Fsp3) is 0.636. The number of nitrogens with zero attached hydrogens (tertiary/aromatic N) is 1. The van der Waals surface area contributed by atoms with Crippen LogP contribution in [0.3, 0.4) is 0 Å². The fourth-order valence-corrected chi connectivity index (χ4v) is 1.88. The van der Waals surface area contributed by atoms with Crippen molar-refractivity contribution in [2.75, 3.05) is 5.32 Å². The van der Waals surface area contributed by atoms with E-state index in [1.807, 2.05) is 12.3 Å². The maximum absolute atomic E-state index is 11.7. The van der Waals surface area contributed by atoms with Gasteiger partial charge in [0.1, 0.15) is 0 Å². The average molecular weight is 226 g/mol. The summed E-state index contributed by atoms with van der Waals surface area (Å²) in [6.07, 6.45) is 6.19. The molecule has 3 nitrogen and oxygen atoms in total. The second-order valence-corrected chi connectivity index (χ2v) is 4.62. The summed E-state index contributed by atoms with van der Waals surface area (Å²) in [7, 11) is 0. The Morgan fingerprint density at radius 3 is 3.00 bits per heavy atom. The van der Waals surface area contributed by atoms with E-state index in [9.17, 15) is 4.79 Å². The van der Waals surface area contributed by atoms with Gasteiger partial charge >= 0.3 is 0 Å². The SMILES string of the molecule is CCCCCC(C)C(=O)Nc1nccs1. The van der Waals surface area contributed by atoms with Crippen LogP contribution in [-0.4, -0.2) is 10.9 Å². The molecule has 1 aromatic heterocycles. The minimum Gasteiger partial charge on any atom is -0.302 e. The van der Waals surface area contributed by atoms with Crippen molar-refractivity contribution in [3.63, 3.8) is 0 Å². The van der Waals surface area contributed by atoms with Crippen LogP contribution in [0.5, 0.6) is 0 Å². The van der Waals surface area contributed by atoms with Gasteiger partial charge < -0.3 is 5.32 Å². The molecule has 1 atom stereocenters. The summed E-state index contributed by atoms with van der Waals surface area (Å²) in [6.45, 7) is 4.14. The van der Waals surface area contributed by atoms with Gasteiger partial charge in [0.15, 0.2) is 5.13 Å². The number of aromatic nitrogens is 1. The number of hydrogen-bond donors (Lipinski definition) is 1. The summed E-state index contributed by atoms with van der Waals surface area (Å²) in [5.41, 5.74) is 0. The third-order valence-corrected chi connectivity index (χ3v) is 3.04. The second-order valence-electron chi connectivity index (χ2n) is 3.72. The number of hydrogen-bond acceptors (Lipinski definition) is 3. The molecule has 15 heavy (non-hydrogen) atoms. The maximum Gasteiger partial charge on any atom is 0.228 e. The lowest BCUT2D eigenvalue weighted by atomic mass is 10.0. The van der Waals surface area contributed by atoms with Crippen molar-refractivity contribution in [2.24, 2.45) is 5.92 Å². The molecule has 0 bridgehead atoms. The minimum absolute atomic E-state index is 0.0837. The van der Waals surface area contributed by atoms with Crippen LogP contribution < -0.4 is 5.32 Å². The van der Waals surface area contributed by atoms with E-state index in [-0.39, 0.29) is 11.8 Å². The first-order valence-corrected chi connectivity index (χ1v) is 6.32. The van der Waals surface area contributed by atoms with E-state index in [0.29, 0.717) is 5.13 Å². The number of nitrogens with one attached hydrogen (secondary N) is 1. The van der Waals surface area contributed by atoms with Crippen LogP contribution in [0.15, 0.2) is 11.6 Å². The van der Waals surface area contributed by atoms with Crippen LogP contribution in [0.2, 0.25) is 0 Å². The first-order valence-electron chi connectivity index (χ1n) is 5.44. The van der Waals surface area contributed by atoms with Crippen molar-refractivity contribution in [3.8, 4) is 0 Å². The highest BCUT2D eigenvalue weighted by Crippen LogP contribution is 2.15. The van der Waals surface area contributed by atoms with E-state index in [0.717, 1.165) is 12.8 Å². The van der Waals surface area contributed by atoms with Crippen molar-refractivity contribution < 1.29 is 4.79 Å². The van der Waals surface area contributed by atoms with Gasteiger partial charge in [0, 0.05) is 17.5 Å². The minimum atomic E-state index is 0.0837. The summed E-state index contributed by atoms with van der Waals surface area (Å²) in [4.78, 5) is 15.7. The van der Waals surface area contributed by atoms with Crippen LogP contribution in [0.1, 0.15) is 39.5 Å². The summed E-state index contributed by atoms with van der Waals surface area (Å²) in [6, 6.07) is 0. The average Bonchev–Trinajstić information content (AvgIpc) is 2.70. The number of unbranched alkanes of at least 4 members (excludes halogenated alkanes) is 2. The van der Waals surface area contributed by atoms with Crippen molar-refractivity contribution in [3.05, 3.63) is 11.6 Å². The monoisotopic (exact) mass is 226 g/mol. The molecule has 0 aliphatic rings. The Labute approximate surface area is 94.9 Å². The molecule has 4 heteroatoms. The van der Waals surface area contributed by atoms with Crippen molar-refractivity contribution in [1.82, 2.24) is 4.98 Å². The second kappa shape index (κ2) is 6.56. The molecule has 1 unspecified atom stereocenters. The third-order valence-electron chi connectivity index (χ3n) is 2.35. The molecule has 0 spiro atoms. The maximum atomic E-state index is 11.7. The molecule has 0 fully saturated rings. The summed E-state index contributed by atoms with van der Waals surface area (Å²) < 4.78 is 0. The number of rotatable bonds is 6. The number of carbonyl (C=O) groups is 1. The van der Waals surface area contributed by atoms with Gasteiger partial charge in [0.05, 0.1) is 0 Å². The molecule has 0 aliphatic carbocycles. The molecule has 0 saturated carbocycles. The molecule has 1 N–H and O–H groups in total. The Balaban J connectivity index is 2.27. The number of amides is 1. The van der Waals surface area contributed by atoms with E-state index in [1.54, 1.807) is 6.20 Å². The van der Waals surface area contributed by atoms with Gasteiger partial charge in [-0.25, -0.2) is 4.98 Å². The lowest BCUT2D eigenvalue weighted by Gasteiger charge is -2.09. The van der Waals surface area contributed by atoms with Gasteiger partial charge in [0.25, 0.3) is 0 Å².